The summed E-state index contributed by atoms with van der Waals surface area (Å²) >= 11 is 0. The fourth-order valence-electron chi connectivity index (χ4n) is 6.19. The van der Waals surface area contributed by atoms with Crippen LogP contribution in [0.2, 0.25) is 0 Å². The van der Waals surface area contributed by atoms with Crippen molar-refractivity contribution in [1.29, 1.82) is 0 Å². The van der Waals surface area contributed by atoms with Gasteiger partial charge in [0.15, 0.2) is 23.6 Å². The van der Waals surface area contributed by atoms with Gasteiger partial charge in [0.05, 0.1) is 36.2 Å². The number of benzene rings is 2. The monoisotopic (exact) mass is 676 g/mol. The predicted octanol–water partition coefficient (Wildman–Crippen LogP) is 2.62. The van der Waals surface area contributed by atoms with Crippen molar-refractivity contribution in [2.75, 3.05) is 39.7 Å². The van der Waals surface area contributed by atoms with E-state index in [0.29, 0.717) is 37.4 Å². The molecule has 3 heterocycles. The molecule has 3 aliphatic heterocycles. The Hall–Kier alpha value is -3.27. The number of aliphatic hydroxyl groups excluding tert-OH is 2. The van der Waals surface area contributed by atoms with Gasteiger partial charge in [0.2, 0.25) is 16.8 Å². The lowest BCUT2D eigenvalue weighted by atomic mass is 9.86. The highest BCUT2D eigenvalue weighted by molar-refractivity contribution is 7.89. The molecule has 14 heteroatoms. The van der Waals surface area contributed by atoms with Crippen molar-refractivity contribution in [3.8, 4) is 11.5 Å². The van der Waals surface area contributed by atoms with Crippen molar-refractivity contribution in [1.82, 2.24) is 9.62 Å². The van der Waals surface area contributed by atoms with Gasteiger partial charge >= 0.3 is 6.09 Å². The summed E-state index contributed by atoms with van der Waals surface area (Å²) in [5, 5.41) is 23.6. The number of amides is 1. The molecular weight excluding hydrogens is 632 g/mol. The largest absolute Gasteiger partial charge is 0.454 e. The van der Waals surface area contributed by atoms with Gasteiger partial charge in [0.1, 0.15) is 12.7 Å². The van der Waals surface area contributed by atoms with Crippen LogP contribution in [0.5, 0.6) is 11.5 Å². The van der Waals surface area contributed by atoms with Gasteiger partial charge in [-0.05, 0) is 48.8 Å². The molecule has 0 bridgehead atoms. The van der Waals surface area contributed by atoms with Crippen LogP contribution in [-0.4, -0.2) is 99.1 Å². The Balaban J connectivity index is 1.37. The Morgan fingerprint density at radius 3 is 2.64 bits per heavy atom. The van der Waals surface area contributed by atoms with Crippen LogP contribution in [0, 0.1) is 11.3 Å². The minimum Gasteiger partial charge on any atom is -0.454 e. The summed E-state index contributed by atoms with van der Waals surface area (Å²) in [6.45, 7) is 3.57. The molecule has 2 aromatic carbocycles. The molecule has 2 aromatic rings. The first-order chi connectivity index (χ1) is 22.4. The number of ketones is 1. The lowest BCUT2D eigenvalue weighted by molar-refractivity contribution is -0.121. The van der Waals surface area contributed by atoms with Crippen molar-refractivity contribution in [3.63, 3.8) is 0 Å². The van der Waals surface area contributed by atoms with E-state index in [9.17, 15) is 23.1 Å². The molecule has 2 fully saturated rings. The third-order valence-corrected chi connectivity index (χ3v) is 10.6. The fraction of sp³-hybridized carbons (Fsp3) is 0.576. The Morgan fingerprint density at radius 2 is 1.87 bits per heavy atom. The molecule has 13 nitrogen and oxygen atoms in total. The van der Waals surface area contributed by atoms with Crippen LogP contribution >= 0.6 is 0 Å². The van der Waals surface area contributed by atoms with E-state index >= 15 is 0 Å². The van der Waals surface area contributed by atoms with E-state index in [1.54, 1.807) is 0 Å². The summed E-state index contributed by atoms with van der Waals surface area (Å²) < 4.78 is 57.2. The molecule has 47 heavy (non-hydrogen) atoms. The second-order valence-electron chi connectivity index (χ2n) is 13.0. The van der Waals surface area contributed by atoms with Crippen molar-refractivity contribution >= 4 is 21.9 Å². The number of hydrogen-bond acceptors (Lipinski definition) is 11. The van der Waals surface area contributed by atoms with E-state index in [0.717, 1.165) is 5.56 Å². The first-order valence-electron chi connectivity index (χ1n) is 15.9. The first-order valence-corrected chi connectivity index (χ1v) is 17.3. The number of carbonyl (C=O) groups excluding carboxylic acids is 2. The summed E-state index contributed by atoms with van der Waals surface area (Å²) in [6, 6.07) is 12.7. The molecule has 258 valence electrons. The highest BCUT2D eigenvalue weighted by Crippen LogP contribution is 2.36. The van der Waals surface area contributed by atoms with Crippen LogP contribution in [0.15, 0.2) is 53.4 Å². The van der Waals surface area contributed by atoms with E-state index in [4.69, 9.17) is 28.8 Å². The van der Waals surface area contributed by atoms with Gasteiger partial charge in [-0.2, -0.15) is 4.31 Å². The van der Waals surface area contributed by atoms with Crippen molar-refractivity contribution in [2.45, 2.75) is 75.4 Å². The molecule has 3 aliphatic rings. The maximum atomic E-state index is 14.2. The van der Waals surface area contributed by atoms with E-state index in [2.05, 4.69) is 5.32 Å². The highest BCUT2D eigenvalue weighted by Gasteiger charge is 2.44. The van der Waals surface area contributed by atoms with Crippen molar-refractivity contribution in [2.24, 2.45) is 11.3 Å². The number of carbonyl (C=O) groups is 2. The van der Waals surface area contributed by atoms with Gasteiger partial charge in [-0.3, -0.25) is 4.79 Å². The van der Waals surface area contributed by atoms with Crippen LogP contribution in [-0.2, 0) is 35.4 Å². The number of ether oxygens (including phenoxy) is 5. The molecule has 5 atom stereocenters. The normalized spacial score (nSPS) is 21.8. The second-order valence-corrected chi connectivity index (χ2v) is 14.9. The zero-order chi connectivity index (χ0) is 33.6. The number of fused-ring (bicyclic) bond motifs is 2. The number of aliphatic hydroxyl groups is 2. The van der Waals surface area contributed by atoms with Crippen LogP contribution in [0.3, 0.4) is 0 Å². The zero-order valence-corrected chi connectivity index (χ0v) is 27.5. The molecule has 0 aromatic heterocycles. The smallest absolute Gasteiger partial charge is 0.407 e. The molecule has 0 aliphatic carbocycles. The molecule has 1 amide bonds. The number of rotatable bonds is 16. The van der Waals surface area contributed by atoms with Gasteiger partial charge in [0, 0.05) is 25.6 Å². The van der Waals surface area contributed by atoms with Gasteiger partial charge in [-0.1, -0.05) is 44.2 Å². The van der Waals surface area contributed by atoms with Gasteiger partial charge in [-0.15, -0.1) is 0 Å². The number of hydrogen-bond donors (Lipinski definition) is 3. The Labute approximate surface area is 275 Å². The topological polar surface area (TPSA) is 170 Å². The minimum atomic E-state index is -4.20. The molecule has 3 N–H and O–H groups in total. The van der Waals surface area contributed by atoms with Gasteiger partial charge < -0.3 is 39.2 Å². The third kappa shape index (κ3) is 9.00. The maximum Gasteiger partial charge on any atom is 0.407 e. The van der Waals surface area contributed by atoms with Crippen LogP contribution in [0.25, 0.3) is 0 Å². The number of alkyl carbamates (subject to hydrolysis) is 1. The molecule has 0 spiro atoms. The fourth-order valence-corrected chi connectivity index (χ4v) is 7.85. The summed E-state index contributed by atoms with van der Waals surface area (Å²) in [5.41, 5.74) is 0.201. The summed E-state index contributed by atoms with van der Waals surface area (Å²) in [7, 11) is -4.20. The third-order valence-electron chi connectivity index (χ3n) is 8.77. The molecule has 0 unspecified atom stereocenters. The number of Topliss-reactive ketones (excluding diaryl/α,β-unsaturated/α-hetero) is 1. The van der Waals surface area contributed by atoms with Crippen molar-refractivity contribution < 1.29 is 51.9 Å². The van der Waals surface area contributed by atoms with Crippen LogP contribution in [0.1, 0.15) is 45.1 Å². The minimum absolute atomic E-state index is 0.000858. The Bertz CT molecular complexity index is 1490. The van der Waals surface area contributed by atoms with E-state index in [1.165, 1.54) is 22.5 Å². The van der Waals surface area contributed by atoms with E-state index < -0.39 is 52.7 Å². The molecular formula is C33H44N2O11S. The molecule has 5 rings (SSSR count). The second kappa shape index (κ2) is 15.3. The summed E-state index contributed by atoms with van der Waals surface area (Å²) in [4.78, 5) is 24.9. The predicted molar refractivity (Wildman–Crippen MR) is 168 cm³/mol. The number of sulfonamides is 1. The zero-order valence-electron chi connectivity index (χ0n) is 26.7. The van der Waals surface area contributed by atoms with Crippen LogP contribution < -0.4 is 14.8 Å². The number of nitrogens with one attached hydrogen (secondary N) is 1. The van der Waals surface area contributed by atoms with E-state index in [-0.39, 0.29) is 55.9 Å². The number of nitrogens with zero attached hydrogens (tertiary/aromatic N) is 1. The standard InChI is InChI=1S/C33H44N2O11S/c1-33(2,13-6-9-23(37)18-36)20-35(47(40,41)24-10-11-28-29(16-24)45-21-44-28)17-27(38)26(15-22-7-4-3-5-8-22)34-32(39)46-30-19-43-31-25(30)12-14-42-31/h3-5,7-8,10-11,16,25-27,30-31,36,38H,6,9,12-15,17-21H2,1-2H3,(H,34,39)/t25-,26-,27+,30-,31+/m0/s1. The molecule has 0 saturated carbocycles. The Kier molecular flexibility index (Phi) is 11.4. The SMILES string of the molecule is CC(C)(CCCC(=O)CO)CN(C[C@@H](O)[C@H](Cc1ccccc1)NC(=O)O[C@H]1CO[C@H]2OCC[C@H]21)S(=O)(=O)c1ccc2c(c1)OCO2. The van der Waals surface area contributed by atoms with Crippen LogP contribution in [0.4, 0.5) is 4.79 Å². The molecule has 0 radical (unpaired) electrons. The van der Waals surface area contributed by atoms with E-state index in [1.807, 2.05) is 44.2 Å². The molecule has 2 saturated heterocycles. The first kappa shape index (κ1) is 35.0. The van der Waals surface area contributed by atoms with Crippen molar-refractivity contribution in [3.05, 3.63) is 54.1 Å². The average Bonchev–Trinajstić information content (AvgIpc) is 3.79. The lowest BCUT2D eigenvalue weighted by Gasteiger charge is -2.35. The average molecular weight is 677 g/mol. The summed E-state index contributed by atoms with van der Waals surface area (Å²) in [5.74, 6) is 0.363. The summed E-state index contributed by atoms with van der Waals surface area (Å²) in [6.07, 6.45) is -0.984. The van der Waals surface area contributed by atoms with Gasteiger partial charge in [-0.25, -0.2) is 13.2 Å². The van der Waals surface area contributed by atoms with Gasteiger partial charge in [0.25, 0.3) is 0 Å². The quantitative estimate of drug-likeness (QED) is 0.239. The lowest BCUT2D eigenvalue weighted by Crippen LogP contribution is -2.52. The highest BCUT2D eigenvalue weighted by atomic mass is 32.2. The Morgan fingerprint density at radius 1 is 1.11 bits per heavy atom. The maximum absolute atomic E-state index is 14.2.